The zero-order valence-electron chi connectivity index (χ0n) is 11.8. The molecule has 0 spiro atoms. The van der Waals surface area contributed by atoms with E-state index in [1.165, 1.54) is 11.3 Å². The predicted octanol–water partition coefficient (Wildman–Crippen LogP) is 1.60. The molecule has 4 rings (SSSR count). The largest absolute Gasteiger partial charge is 0.324 e. The van der Waals surface area contributed by atoms with E-state index in [-0.39, 0.29) is 0 Å². The van der Waals surface area contributed by atoms with Gasteiger partial charge < -0.3 is 10.2 Å². The standard InChI is InChI=1S/C15H16N6/c1-20-14-12(9-19-20)15(18-10-17-14)21-7-6-16-8-11-4-2-3-5-13(11)21/h2-5,9-10,16H,6-8H2,1H3. The number of benzene rings is 1. The quantitative estimate of drug-likeness (QED) is 0.734. The average Bonchev–Trinajstić information content (AvgIpc) is 2.78. The van der Waals surface area contributed by atoms with Crippen molar-refractivity contribution in [2.24, 2.45) is 7.05 Å². The summed E-state index contributed by atoms with van der Waals surface area (Å²) >= 11 is 0. The molecule has 1 aliphatic heterocycles. The third kappa shape index (κ3) is 1.95. The first-order valence-corrected chi connectivity index (χ1v) is 7.03. The Bertz CT molecular complexity index is 794. The minimum atomic E-state index is 0.856. The first-order chi connectivity index (χ1) is 10.3. The Hall–Kier alpha value is -2.47. The van der Waals surface area contributed by atoms with Gasteiger partial charge in [-0.05, 0) is 11.6 Å². The number of para-hydroxylation sites is 1. The minimum Gasteiger partial charge on any atom is -0.324 e. The molecule has 1 N–H and O–H groups in total. The third-order valence-corrected chi connectivity index (χ3v) is 3.87. The lowest BCUT2D eigenvalue weighted by molar-refractivity contribution is 0.711. The van der Waals surface area contributed by atoms with Crippen molar-refractivity contribution in [3.63, 3.8) is 0 Å². The second-order valence-electron chi connectivity index (χ2n) is 5.16. The van der Waals surface area contributed by atoms with Gasteiger partial charge in [0.1, 0.15) is 12.1 Å². The maximum atomic E-state index is 4.52. The highest BCUT2D eigenvalue weighted by molar-refractivity contribution is 5.89. The predicted molar refractivity (Wildman–Crippen MR) is 81.5 cm³/mol. The fourth-order valence-electron chi connectivity index (χ4n) is 2.84. The molecule has 0 unspecified atom stereocenters. The van der Waals surface area contributed by atoms with Crippen LogP contribution in [0.1, 0.15) is 5.56 Å². The molecule has 0 atom stereocenters. The van der Waals surface area contributed by atoms with E-state index in [9.17, 15) is 0 Å². The van der Waals surface area contributed by atoms with Gasteiger partial charge in [-0.15, -0.1) is 0 Å². The van der Waals surface area contributed by atoms with Crippen LogP contribution in [0.15, 0.2) is 36.8 Å². The number of nitrogens with zero attached hydrogens (tertiary/aromatic N) is 5. The summed E-state index contributed by atoms with van der Waals surface area (Å²) < 4.78 is 1.78. The van der Waals surface area contributed by atoms with Gasteiger partial charge in [0.25, 0.3) is 0 Å². The summed E-state index contributed by atoms with van der Waals surface area (Å²) in [6.45, 7) is 2.67. The number of aromatic nitrogens is 4. The average molecular weight is 280 g/mol. The molecule has 0 saturated carbocycles. The lowest BCUT2D eigenvalue weighted by Crippen LogP contribution is -2.25. The van der Waals surface area contributed by atoms with Crippen molar-refractivity contribution in [1.82, 2.24) is 25.1 Å². The topological polar surface area (TPSA) is 58.9 Å². The van der Waals surface area contributed by atoms with Crippen LogP contribution < -0.4 is 10.2 Å². The molecule has 3 heterocycles. The van der Waals surface area contributed by atoms with Crippen LogP contribution in [0, 0.1) is 0 Å². The van der Waals surface area contributed by atoms with Crippen molar-refractivity contribution in [2.75, 3.05) is 18.0 Å². The first kappa shape index (κ1) is 12.3. The van der Waals surface area contributed by atoms with Crippen LogP contribution in [0.25, 0.3) is 11.0 Å². The Labute approximate surface area is 122 Å². The fraction of sp³-hybridized carbons (Fsp3) is 0.267. The summed E-state index contributed by atoms with van der Waals surface area (Å²) in [7, 11) is 1.90. The van der Waals surface area contributed by atoms with Gasteiger partial charge in [-0.25, -0.2) is 9.97 Å². The Kier molecular flexibility index (Phi) is 2.82. The second kappa shape index (κ2) is 4.82. The molecular weight excluding hydrogens is 264 g/mol. The van der Waals surface area contributed by atoms with E-state index in [0.717, 1.165) is 36.5 Å². The molecule has 6 nitrogen and oxygen atoms in total. The van der Waals surface area contributed by atoms with Gasteiger partial charge in [0.2, 0.25) is 0 Å². The van der Waals surface area contributed by atoms with Gasteiger partial charge >= 0.3 is 0 Å². The lowest BCUT2D eigenvalue weighted by atomic mass is 10.1. The van der Waals surface area contributed by atoms with E-state index < -0.39 is 0 Å². The molecular formula is C15H16N6. The molecule has 0 saturated heterocycles. The van der Waals surface area contributed by atoms with Gasteiger partial charge in [0, 0.05) is 32.4 Å². The van der Waals surface area contributed by atoms with Crippen LogP contribution in [0.3, 0.4) is 0 Å². The normalized spacial score (nSPS) is 15.0. The van der Waals surface area contributed by atoms with Crippen LogP contribution in [0.5, 0.6) is 0 Å². The van der Waals surface area contributed by atoms with Crippen LogP contribution in [-0.2, 0) is 13.6 Å². The number of anilines is 2. The van der Waals surface area contributed by atoms with Gasteiger partial charge in [0.15, 0.2) is 5.65 Å². The second-order valence-corrected chi connectivity index (χ2v) is 5.16. The van der Waals surface area contributed by atoms with Gasteiger partial charge in [0.05, 0.1) is 11.6 Å². The highest BCUT2D eigenvalue weighted by Crippen LogP contribution is 2.32. The summed E-state index contributed by atoms with van der Waals surface area (Å²) in [5, 5.41) is 8.74. The number of aryl methyl sites for hydroxylation is 1. The van der Waals surface area contributed by atoms with Crippen molar-refractivity contribution in [3.8, 4) is 0 Å². The summed E-state index contributed by atoms with van der Waals surface area (Å²) in [5.41, 5.74) is 3.34. The number of nitrogens with one attached hydrogen (secondary N) is 1. The van der Waals surface area contributed by atoms with Gasteiger partial charge in [-0.2, -0.15) is 5.10 Å². The molecule has 106 valence electrons. The van der Waals surface area contributed by atoms with Crippen LogP contribution in [-0.4, -0.2) is 32.8 Å². The summed E-state index contributed by atoms with van der Waals surface area (Å²) in [4.78, 5) is 11.1. The van der Waals surface area contributed by atoms with Crippen LogP contribution in [0.2, 0.25) is 0 Å². The first-order valence-electron chi connectivity index (χ1n) is 7.03. The van der Waals surface area contributed by atoms with E-state index in [1.807, 2.05) is 13.2 Å². The van der Waals surface area contributed by atoms with Gasteiger partial charge in [-0.1, -0.05) is 18.2 Å². The molecule has 6 heteroatoms. The number of rotatable bonds is 1. The molecule has 21 heavy (non-hydrogen) atoms. The maximum Gasteiger partial charge on any atom is 0.163 e. The minimum absolute atomic E-state index is 0.856. The van der Waals surface area contributed by atoms with Crippen molar-refractivity contribution in [3.05, 3.63) is 42.4 Å². The van der Waals surface area contributed by atoms with E-state index in [1.54, 1.807) is 11.0 Å². The highest BCUT2D eigenvalue weighted by Gasteiger charge is 2.20. The van der Waals surface area contributed by atoms with Crippen LogP contribution >= 0.6 is 0 Å². The molecule has 0 aliphatic carbocycles. The van der Waals surface area contributed by atoms with Crippen molar-refractivity contribution in [2.45, 2.75) is 6.54 Å². The maximum absolute atomic E-state index is 4.52. The lowest BCUT2D eigenvalue weighted by Gasteiger charge is -2.23. The Morgan fingerprint density at radius 3 is 3.05 bits per heavy atom. The van der Waals surface area contributed by atoms with Crippen LogP contribution in [0.4, 0.5) is 11.5 Å². The Morgan fingerprint density at radius 2 is 2.10 bits per heavy atom. The van der Waals surface area contributed by atoms with Crippen molar-refractivity contribution >= 4 is 22.5 Å². The number of hydrogen-bond donors (Lipinski definition) is 1. The molecule has 0 bridgehead atoms. The Balaban J connectivity index is 1.92. The summed E-state index contributed by atoms with van der Waals surface area (Å²) in [6.07, 6.45) is 3.45. The highest BCUT2D eigenvalue weighted by atomic mass is 15.3. The molecule has 2 aromatic heterocycles. The van der Waals surface area contributed by atoms with Crippen molar-refractivity contribution < 1.29 is 0 Å². The van der Waals surface area contributed by atoms with E-state index in [0.29, 0.717) is 0 Å². The molecule has 1 aliphatic rings. The zero-order chi connectivity index (χ0) is 14.2. The van der Waals surface area contributed by atoms with Crippen molar-refractivity contribution in [1.29, 1.82) is 0 Å². The van der Waals surface area contributed by atoms with E-state index in [4.69, 9.17) is 0 Å². The summed E-state index contributed by atoms with van der Waals surface area (Å²) in [5.74, 6) is 0.921. The molecule has 0 radical (unpaired) electrons. The smallest absolute Gasteiger partial charge is 0.163 e. The fourth-order valence-corrected chi connectivity index (χ4v) is 2.84. The SMILES string of the molecule is Cn1ncc2c(N3CCNCc4ccccc43)ncnc21. The van der Waals surface area contributed by atoms with Gasteiger partial charge in [-0.3, -0.25) is 4.68 Å². The number of hydrogen-bond acceptors (Lipinski definition) is 5. The molecule has 0 amide bonds. The zero-order valence-corrected chi connectivity index (χ0v) is 11.8. The third-order valence-electron chi connectivity index (χ3n) is 3.87. The summed E-state index contributed by atoms with van der Waals surface area (Å²) in [6, 6.07) is 8.44. The monoisotopic (exact) mass is 280 g/mol. The van der Waals surface area contributed by atoms with E-state index >= 15 is 0 Å². The Morgan fingerprint density at radius 1 is 1.19 bits per heavy atom. The molecule has 1 aromatic carbocycles. The molecule has 0 fully saturated rings. The van der Waals surface area contributed by atoms with E-state index in [2.05, 4.69) is 49.5 Å². The molecule has 3 aromatic rings. The number of fused-ring (bicyclic) bond motifs is 2.